The van der Waals surface area contributed by atoms with Gasteiger partial charge in [-0.3, -0.25) is 0 Å². The number of hydrogen-bond donors (Lipinski definition) is 0. The van der Waals surface area contributed by atoms with Gasteiger partial charge in [0.25, 0.3) is 0 Å². The highest BCUT2D eigenvalue weighted by molar-refractivity contribution is 9.09. The van der Waals surface area contributed by atoms with Gasteiger partial charge >= 0.3 is 0 Å². The lowest BCUT2D eigenvalue weighted by Gasteiger charge is -1.96. The molecule has 0 amide bonds. The lowest BCUT2D eigenvalue weighted by atomic mass is 10.2. The van der Waals surface area contributed by atoms with Crippen LogP contribution in [0.5, 0.6) is 0 Å². The minimum Gasteiger partial charge on any atom is -0.215 e. The zero-order valence-corrected chi connectivity index (χ0v) is 6.34. The summed E-state index contributed by atoms with van der Waals surface area (Å²) in [5.41, 5.74) is 0.775. The maximum absolute atomic E-state index is 10.6. The molecule has 1 atom stereocenters. The van der Waals surface area contributed by atoms with Crippen molar-refractivity contribution in [2.45, 2.75) is 5.01 Å². The quantitative estimate of drug-likeness (QED) is 0.600. The molecule has 0 heterocycles. The average Bonchev–Trinajstić information content (AvgIpc) is 1.90. The van der Waals surface area contributed by atoms with Crippen LogP contribution in [0.15, 0.2) is 30.3 Å². The van der Waals surface area contributed by atoms with Crippen LogP contribution < -0.4 is 0 Å². The summed E-state index contributed by atoms with van der Waals surface area (Å²) < 4.78 is 0. The van der Waals surface area contributed by atoms with Crippen LogP contribution in [0.4, 0.5) is 0 Å². The summed E-state index contributed by atoms with van der Waals surface area (Å²) >= 11 is 2.93. The lowest BCUT2D eigenvalue weighted by molar-refractivity contribution is 0.173. The smallest absolute Gasteiger partial charge is 0.172 e. The fourth-order valence-electron chi connectivity index (χ4n) is 0.604. The second kappa shape index (κ2) is 2.99. The standard InChI is InChI=1S/C7H6BrO/c8-7(9)6-4-2-1-3-5-6/h1-5,7H. The van der Waals surface area contributed by atoms with E-state index in [0.717, 1.165) is 5.56 Å². The molecular formula is C7H6BrO. The molecule has 1 aromatic rings. The van der Waals surface area contributed by atoms with Gasteiger partial charge in [0.05, 0.1) is 0 Å². The molecule has 2 heteroatoms. The van der Waals surface area contributed by atoms with E-state index >= 15 is 0 Å². The minimum atomic E-state index is -0.779. The van der Waals surface area contributed by atoms with Gasteiger partial charge in [0, 0.05) is 0 Å². The highest BCUT2D eigenvalue weighted by atomic mass is 79.9. The van der Waals surface area contributed by atoms with Gasteiger partial charge in [-0.25, -0.2) is 5.11 Å². The molecule has 47 valence electrons. The first-order chi connectivity index (χ1) is 4.30. The van der Waals surface area contributed by atoms with Crippen molar-refractivity contribution in [2.75, 3.05) is 0 Å². The third-order valence-electron chi connectivity index (χ3n) is 1.06. The number of benzene rings is 1. The molecule has 0 aliphatic rings. The van der Waals surface area contributed by atoms with Gasteiger partial charge in [-0.15, -0.1) is 0 Å². The maximum Gasteiger partial charge on any atom is 0.172 e. The van der Waals surface area contributed by atoms with Crippen LogP contribution in [0.3, 0.4) is 0 Å². The molecule has 1 aromatic carbocycles. The van der Waals surface area contributed by atoms with Gasteiger partial charge in [0.2, 0.25) is 0 Å². The Hall–Kier alpha value is -0.340. The third-order valence-corrected chi connectivity index (χ3v) is 1.59. The van der Waals surface area contributed by atoms with Crippen molar-refractivity contribution in [3.05, 3.63) is 35.9 Å². The van der Waals surface area contributed by atoms with Crippen molar-refractivity contribution < 1.29 is 5.11 Å². The molecule has 0 spiro atoms. The summed E-state index contributed by atoms with van der Waals surface area (Å²) in [5.74, 6) is 0. The molecule has 0 aliphatic heterocycles. The molecular weight excluding hydrogens is 180 g/mol. The Kier molecular flexibility index (Phi) is 2.25. The van der Waals surface area contributed by atoms with Crippen LogP contribution in [0.1, 0.15) is 10.6 Å². The van der Waals surface area contributed by atoms with E-state index in [1.54, 1.807) is 12.1 Å². The zero-order chi connectivity index (χ0) is 6.69. The summed E-state index contributed by atoms with van der Waals surface area (Å²) in [6, 6.07) is 9.18. The molecule has 1 rings (SSSR count). The molecule has 1 radical (unpaired) electrons. The van der Waals surface area contributed by atoms with E-state index in [9.17, 15) is 5.11 Å². The van der Waals surface area contributed by atoms with Crippen LogP contribution in [-0.4, -0.2) is 0 Å². The van der Waals surface area contributed by atoms with Gasteiger partial charge in [0.15, 0.2) is 5.01 Å². The van der Waals surface area contributed by atoms with E-state index < -0.39 is 5.01 Å². The largest absolute Gasteiger partial charge is 0.215 e. The predicted molar refractivity (Wildman–Crippen MR) is 38.8 cm³/mol. The number of rotatable bonds is 1. The monoisotopic (exact) mass is 185 g/mol. The van der Waals surface area contributed by atoms with E-state index in [-0.39, 0.29) is 0 Å². The van der Waals surface area contributed by atoms with Gasteiger partial charge in [-0.2, -0.15) is 0 Å². The number of alkyl halides is 1. The van der Waals surface area contributed by atoms with Gasteiger partial charge in [0.1, 0.15) is 0 Å². The first-order valence-electron chi connectivity index (χ1n) is 2.65. The van der Waals surface area contributed by atoms with Gasteiger partial charge < -0.3 is 0 Å². The van der Waals surface area contributed by atoms with E-state index in [4.69, 9.17) is 0 Å². The molecule has 0 fully saturated rings. The molecule has 0 aliphatic carbocycles. The summed E-state index contributed by atoms with van der Waals surface area (Å²) in [4.78, 5) is 0. The highest BCUT2D eigenvalue weighted by Gasteiger charge is 1.99. The molecule has 0 N–H and O–H groups in total. The van der Waals surface area contributed by atoms with Crippen molar-refractivity contribution in [1.29, 1.82) is 0 Å². The fourth-order valence-corrected chi connectivity index (χ4v) is 0.910. The second-order valence-corrected chi connectivity index (χ2v) is 2.56. The van der Waals surface area contributed by atoms with E-state index in [2.05, 4.69) is 15.9 Å². The topological polar surface area (TPSA) is 19.9 Å². The second-order valence-electron chi connectivity index (χ2n) is 1.73. The molecule has 1 nitrogen and oxygen atoms in total. The van der Waals surface area contributed by atoms with E-state index in [1.165, 1.54) is 0 Å². The zero-order valence-electron chi connectivity index (χ0n) is 4.75. The third kappa shape index (κ3) is 1.80. The predicted octanol–water partition coefficient (Wildman–Crippen LogP) is 2.51. The highest BCUT2D eigenvalue weighted by Crippen LogP contribution is 2.18. The van der Waals surface area contributed by atoms with Crippen molar-refractivity contribution in [3.63, 3.8) is 0 Å². The first kappa shape index (κ1) is 6.78. The van der Waals surface area contributed by atoms with Crippen LogP contribution in [0, 0.1) is 0 Å². The Balaban J connectivity index is 2.85. The molecule has 0 aromatic heterocycles. The summed E-state index contributed by atoms with van der Waals surface area (Å²) in [6.07, 6.45) is 0. The molecule has 9 heavy (non-hydrogen) atoms. The Morgan fingerprint density at radius 3 is 2.11 bits per heavy atom. The number of hydrogen-bond acceptors (Lipinski definition) is 0. The van der Waals surface area contributed by atoms with Crippen molar-refractivity contribution >= 4 is 15.9 Å². The molecule has 1 unspecified atom stereocenters. The van der Waals surface area contributed by atoms with Crippen molar-refractivity contribution in [1.82, 2.24) is 0 Å². The first-order valence-corrected chi connectivity index (χ1v) is 3.57. The average molecular weight is 186 g/mol. The SMILES string of the molecule is [O]C(Br)c1ccccc1. The molecule has 0 bridgehead atoms. The summed E-state index contributed by atoms with van der Waals surface area (Å²) in [5, 5.41) is 9.87. The summed E-state index contributed by atoms with van der Waals surface area (Å²) in [7, 11) is 0. The molecule has 0 saturated carbocycles. The Labute approximate surface area is 62.5 Å². The van der Waals surface area contributed by atoms with Crippen molar-refractivity contribution in [3.8, 4) is 0 Å². The van der Waals surface area contributed by atoms with E-state index in [0.29, 0.717) is 0 Å². The Morgan fingerprint density at radius 2 is 1.78 bits per heavy atom. The fraction of sp³-hybridized carbons (Fsp3) is 0.143. The maximum atomic E-state index is 10.6. The normalized spacial score (nSPS) is 13.1. The Bertz CT molecular complexity index is 172. The van der Waals surface area contributed by atoms with Crippen LogP contribution in [0.25, 0.3) is 0 Å². The van der Waals surface area contributed by atoms with Crippen molar-refractivity contribution in [2.24, 2.45) is 0 Å². The van der Waals surface area contributed by atoms with Gasteiger partial charge in [-0.1, -0.05) is 30.3 Å². The number of halogens is 1. The van der Waals surface area contributed by atoms with Gasteiger partial charge in [-0.05, 0) is 21.5 Å². The molecule has 0 saturated heterocycles. The Morgan fingerprint density at radius 1 is 1.22 bits per heavy atom. The van der Waals surface area contributed by atoms with Crippen LogP contribution >= 0.6 is 15.9 Å². The minimum absolute atomic E-state index is 0.775. The summed E-state index contributed by atoms with van der Waals surface area (Å²) in [6.45, 7) is 0. The van der Waals surface area contributed by atoms with E-state index in [1.807, 2.05) is 18.2 Å². The van der Waals surface area contributed by atoms with Crippen LogP contribution in [-0.2, 0) is 5.11 Å². The van der Waals surface area contributed by atoms with Crippen LogP contribution in [0.2, 0.25) is 0 Å². The lowest BCUT2D eigenvalue weighted by Crippen LogP contribution is -1.81.